The Morgan fingerprint density at radius 1 is 1.48 bits per heavy atom. The van der Waals surface area contributed by atoms with Crippen LogP contribution in [0.2, 0.25) is 0 Å². The minimum absolute atomic E-state index is 0.0375. The van der Waals surface area contributed by atoms with Crippen LogP contribution in [-0.2, 0) is 9.53 Å². The van der Waals surface area contributed by atoms with Crippen LogP contribution < -0.4 is 16.4 Å². The number of carboxylic acid groups (broad SMARTS) is 1. The number of nitrogens with one attached hydrogen (secondary N) is 2. The van der Waals surface area contributed by atoms with Crippen molar-refractivity contribution < 1.29 is 19.4 Å². The summed E-state index contributed by atoms with van der Waals surface area (Å²) in [7, 11) is 0. The summed E-state index contributed by atoms with van der Waals surface area (Å²) in [6.07, 6.45) is 1.36. The molecule has 0 radical (unpaired) electrons. The number of rotatable bonds is 6. The normalized spacial score (nSPS) is 13.0. The number of nitrogens with zero attached hydrogens (tertiary/aromatic N) is 2. The lowest BCUT2D eigenvalue weighted by Gasteiger charge is -2.21. The molecule has 0 spiro atoms. The van der Waals surface area contributed by atoms with Gasteiger partial charge in [0.25, 0.3) is 0 Å². The summed E-state index contributed by atoms with van der Waals surface area (Å²) < 4.78 is 4.99. The fourth-order valence-electron chi connectivity index (χ4n) is 1.30. The van der Waals surface area contributed by atoms with Gasteiger partial charge < -0.3 is 20.9 Å². The predicted octanol–water partition coefficient (Wildman–Crippen LogP) is 0.130. The molecule has 0 rings (SSSR count). The van der Waals surface area contributed by atoms with Gasteiger partial charge in [-0.1, -0.05) is 0 Å². The van der Waals surface area contributed by atoms with Crippen LogP contribution in [0, 0.1) is 11.5 Å². The molecule has 0 aliphatic heterocycles. The summed E-state index contributed by atoms with van der Waals surface area (Å²) in [4.78, 5) is 26.4. The number of carbonyl (C=O) groups excluding carboxylic acids is 1. The molecular formula is C12H21N5O4. The Kier molecular flexibility index (Phi) is 7.60. The number of nitrogens with two attached hydrogens (primary N) is 1. The molecule has 5 N–H and O–H groups in total. The van der Waals surface area contributed by atoms with Crippen molar-refractivity contribution in [2.24, 2.45) is 10.7 Å². The highest BCUT2D eigenvalue weighted by Crippen LogP contribution is 2.07. The number of guanidine groups is 1. The van der Waals surface area contributed by atoms with E-state index < -0.39 is 23.7 Å². The Morgan fingerprint density at radius 2 is 2.10 bits per heavy atom. The van der Waals surface area contributed by atoms with E-state index in [4.69, 9.17) is 20.8 Å². The first-order valence-corrected chi connectivity index (χ1v) is 6.33. The number of alkyl carbamates (subject to hydrolysis) is 1. The van der Waals surface area contributed by atoms with Crippen LogP contribution >= 0.6 is 0 Å². The van der Waals surface area contributed by atoms with Gasteiger partial charge >= 0.3 is 12.1 Å². The maximum absolute atomic E-state index is 11.5. The Hall–Kier alpha value is -2.50. The third-order valence-corrected chi connectivity index (χ3v) is 2.11. The minimum Gasteiger partial charge on any atom is -0.480 e. The third kappa shape index (κ3) is 10.0. The van der Waals surface area contributed by atoms with Crippen molar-refractivity contribution in [2.45, 2.75) is 45.3 Å². The Bertz CT molecular complexity index is 436. The molecule has 118 valence electrons. The number of ether oxygens (including phenoxy) is 1. The first kappa shape index (κ1) is 18.5. The summed E-state index contributed by atoms with van der Waals surface area (Å²) in [5, 5.41) is 21.7. The third-order valence-electron chi connectivity index (χ3n) is 2.11. The van der Waals surface area contributed by atoms with Crippen LogP contribution in [0.4, 0.5) is 4.79 Å². The van der Waals surface area contributed by atoms with Crippen molar-refractivity contribution >= 4 is 18.0 Å². The van der Waals surface area contributed by atoms with E-state index >= 15 is 0 Å². The van der Waals surface area contributed by atoms with Gasteiger partial charge in [-0.15, -0.1) is 0 Å². The lowest BCUT2D eigenvalue weighted by atomic mass is 10.1. The highest BCUT2D eigenvalue weighted by atomic mass is 16.6. The van der Waals surface area contributed by atoms with Crippen LogP contribution in [0.25, 0.3) is 0 Å². The molecule has 21 heavy (non-hydrogen) atoms. The van der Waals surface area contributed by atoms with E-state index in [-0.39, 0.29) is 18.9 Å². The second-order valence-corrected chi connectivity index (χ2v) is 5.18. The van der Waals surface area contributed by atoms with Crippen molar-refractivity contribution in [3.63, 3.8) is 0 Å². The largest absolute Gasteiger partial charge is 0.480 e. The molecule has 0 aliphatic rings. The molecule has 9 heteroatoms. The Balaban J connectivity index is 4.27. The number of carbonyl (C=O) groups is 2. The van der Waals surface area contributed by atoms with Crippen molar-refractivity contribution in [2.75, 3.05) is 6.54 Å². The zero-order chi connectivity index (χ0) is 16.5. The van der Waals surface area contributed by atoms with Gasteiger partial charge in [-0.3, -0.25) is 10.3 Å². The number of carboxylic acids is 1. The molecule has 0 fully saturated rings. The zero-order valence-corrected chi connectivity index (χ0v) is 12.3. The van der Waals surface area contributed by atoms with Gasteiger partial charge in [0.15, 0.2) is 6.19 Å². The quantitative estimate of drug-likeness (QED) is 0.179. The summed E-state index contributed by atoms with van der Waals surface area (Å²) in [6, 6.07) is -1.07. The number of nitriles is 1. The van der Waals surface area contributed by atoms with Gasteiger partial charge in [-0.05, 0) is 33.6 Å². The van der Waals surface area contributed by atoms with E-state index in [1.807, 2.05) is 0 Å². The maximum atomic E-state index is 11.5. The van der Waals surface area contributed by atoms with E-state index in [1.54, 1.807) is 27.0 Å². The van der Waals surface area contributed by atoms with Gasteiger partial charge in [-0.2, -0.15) is 5.26 Å². The van der Waals surface area contributed by atoms with Crippen LogP contribution in [0.15, 0.2) is 4.99 Å². The van der Waals surface area contributed by atoms with E-state index in [0.717, 1.165) is 0 Å². The Morgan fingerprint density at radius 3 is 2.57 bits per heavy atom. The van der Waals surface area contributed by atoms with Gasteiger partial charge in [-0.25, -0.2) is 9.59 Å². The first-order valence-electron chi connectivity index (χ1n) is 6.33. The number of hydrogen-bond donors (Lipinski definition) is 4. The van der Waals surface area contributed by atoms with Gasteiger partial charge in [0.05, 0.1) is 0 Å². The van der Waals surface area contributed by atoms with E-state index in [1.165, 1.54) is 0 Å². The second kappa shape index (κ2) is 8.63. The zero-order valence-electron chi connectivity index (χ0n) is 12.3. The summed E-state index contributed by atoms with van der Waals surface area (Å²) in [6.45, 7) is 5.28. The Labute approximate surface area is 123 Å². The molecule has 1 unspecified atom stereocenters. The molecule has 0 aromatic rings. The first-order chi connectivity index (χ1) is 9.65. The molecule has 0 bridgehead atoms. The van der Waals surface area contributed by atoms with E-state index in [9.17, 15) is 9.59 Å². The fourth-order valence-corrected chi connectivity index (χ4v) is 1.30. The lowest BCUT2D eigenvalue weighted by molar-refractivity contribution is -0.139. The van der Waals surface area contributed by atoms with Gasteiger partial charge in [0.1, 0.15) is 11.6 Å². The molecule has 1 atom stereocenters. The molecule has 0 heterocycles. The summed E-state index contributed by atoms with van der Waals surface area (Å²) in [5.41, 5.74) is 4.62. The second-order valence-electron chi connectivity index (χ2n) is 5.18. The number of amides is 1. The standard InChI is InChI=1S/C12H21N5O4/c1-12(2,3)21-11(20)17-8(9(18)19)5-4-6-15-10(14)16-7-13/h8H,4-6H2,1-3H3,(H,17,20)(H,18,19)(H3,14,15,16). The number of aliphatic carboxylic acids is 1. The number of aliphatic imine (C=N–C) groups is 1. The topological polar surface area (TPSA) is 150 Å². The van der Waals surface area contributed by atoms with E-state index in [2.05, 4.69) is 15.6 Å². The molecule has 0 aromatic carbocycles. The summed E-state index contributed by atoms with van der Waals surface area (Å²) in [5.74, 6) is -1.20. The molecular weight excluding hydrogens is 278 g/mol. The molecule has 0 saturated carbocycles. The average Bonchev–Trinajstić information content (AvgIpc) is 2.30. The molecule has 0 saturated heterocycles. The minimum atomic E-state index is -1.16. The average molecular weight is 299 g/mol. The van der Waals surface area contributed by atoms with Gasteiger partial charge in [0, 0.05) is 6.54 Å². The fraction of sp³-hybridized carbons (Fsp3) is 0.667. The van der Waals surface area contributed by atoms with Crippen LogP contribution in [-0.4, -0.2) is 41.3 Å². The van der Waals surface area contributed by atoms with Crippen molar-refractivity contribution in [1.29, 1.82) is 5.26 Å². The maximum Gasteiger partial charge on any atom is 0.408 e. The highest BCUT2D eigenvalue weighted by molar-refractivity contribution is 5.80. The highest BCUT2D eigenvalue weighted by Gasteiger charge is 2.23. The lowest BCUT2D eigenvalue weighted by Crippen LogP contribution is -2.43. The molecule has 0 aromatic heterocycles. The van der Waals surface area contributed by atoms with Crippen molar-refractivity contribution in [3.05, 3.63) is 0 Å². The molecule has 9 nitrogen and oxygen atoms in total. The SMILES string of the molecule is CC(C)(C)OC(=O)NC(CCCN=C(N)NC#N)C(=O)O. The van der Waals surface area contributed by atoms with Crippen LogP contribution in [0.1, 0.15) is 33.6 Å². The van der Waals surface area contributed by atoms with Crippen molar-refractivity contribution in [1.82, 2.24) is 10.6 Å². The van der Waals surface area contributed by atoms with Gasteiger partial charge in [0.2, 0.25) is 5.96 Å². The smallest absolute Gasteiger partial charge is 0.408 e. The van der Waals surface area contributed by atoms with E-state index in [0.29, 0.717) is 6.42 Å². The van der Waals surface area contributed by atoms with Crippen molar-refractivity contribution in [3.8, 4) is 6.19 Å². The van der Waals surface area contributed by atoms with Crippen LogP contribution in [0.3, 0.4) is 0 Å². The predicted molar refractivity (Wildman–Crippen MR) is 75.3 cm³/mol. The van der Waals surface area contributed by atoms with Crippen LogP contribution in [0.5, 0.6) is 0 Å². The summed E-state index contributed by atoms with van der Waals surface area (Å²) >= 11 is 0. The monoisotopic (exact) mass is 299 g/mol. The number of hydrogen-bond acceptors (Lipinski definition) is 5. The molecule has 0 aliphatic carbocycles. The molecule has 1 amide bonds.